The van der Waals surface area contributed by atoms with Gasteiger partial charge in [-0.2, -0.15) is 0 Å². The van der Waals surface area contributed by atoms with E-state index in [2.05, 4.69) is 10.6 Å². The van der Waals surface area contributed by atoms with Crippen LogP contribution in [0.1, 0.15) is 26.3 Å². The van der Waals surface area contributed by atoms with Gasteiger partial charge < -0.3 is 10.6 Å². The lowest BCUT2D eigenvalue weighted by Crippen LogP contribution is -2.29. The van der Waals surface area contributed by atoms with Crippen LogP contribution in [0.5, 0.6) is 0 Å². The molecule has 0 bridgehead atoms. The smallest absolute Gasteiger partial charge is 0.255 e. The monoisotopic (exact) mass is 388 g/mol. The Bertz CT molecular complexity index is 1030. The molecule has 1 atom stereocenters. The largest absolute Gasteiger partial charge is 0.383 e. The first-order valence-electron chi connectivity index (χ1n) is 9.12. The third-order valence-electron chi connectivity index (χ3n) is 4.74. The van der Waals surface area contributed by atoms with Gasteiger partial charge in [0.25, 0.3) is 5.91 Å². The molecule has 0 aromatic heterocycles. The number of ketones is 1. The Morgan fingerprint density at radius 3 is 2.46 bits per heavy atom. The lowest BCUT2D eigenvalue weighted by Gasteiger charge is -2.24. The lowest BCUT2D eigenvalue weighted by atomic mass is 10.1. The van der Waals surface area contributed by atoms with Crippen LogP contribution in [-0.4, -0.2) is 23.5 Å². The van der Waals surface area contributed by atoms with Gasteiger partial charge in [0.15, 0.2) is 5.78 Å². The van der Waals surface area contributed by atoms with E-state index < -0.39 is 0 Å². The van der Waals surface area contributed by atoms with E-state index in [0.717, 1.165) is 16.1 Å². The summed E-state index contributed by atoms with van der Waals surface area (Å²) >= 11 is 1.59. The molecule has 0 fully saturated rings. The fourth-order valence-corrected chi connectivity index (χ4v) is 4.33. The summed E-state index contributed by atoms with van der Waals surface area (Å²) in [6.45, 7) is 2.51. The maximum atomic E-state index is 12.9. The van der Waals surface area contributed by atoms with Crippen LogP contribution in [0, 0.1) is 6.92 Å². The van der Waals surface area contributed by atoms with Gasteiger partial charge in [-0.25, -0.2) is 0 Å². The predicted octanol–water partition coefficient (Wildman–Crippen LogP) is 5.02. The van der Waals surface area contributed by atoms with Gasteiger partial charge >= 0.3 is 0 Å². The molecule has 0 aliphatic carbocycles. The molecule has 4 rings (SSSR count). The second kappa shape index (κ2) is 7.90. The Morgan fingerprint density at radius 2 is 1.68 bits per heavy atom. The third-order valence-corrected chi connectivity index (χ3v) is 6.02. The predicted molar refractivity (Wildman–Crippen MR) is 114 cm³/mol. The number of amides is 1. The molecule has 0 radical (unpaired) electrons. The van der Waals surface area contributed by atoms with E-state index in [0.29, 0.717) is 23.4 Å². The molecule has 3 aromatic rings. The Kier molecular flexibility index (Phi) is 5.17. The zero-order valence-corrected chi connectivity index (χ0v) is 16.3. The van der Waals surface area contributed by atoms with Crippen LogP contribution < -0.4 is 10.6 Å². The Hall–Kier alpha value is -3.05. The molecule has 0 saturated heterocycles. The maximum absolute atomic E-state index is 12.9. The topological polar surface area (TPSA) is 58.2 Å². The van der Waals surface area contributed by atoms with Crippen molar-refractivity contribution < 1.29 is 9.59 Å². The van der Waals surface area contributed by atoms with Crippen LogP contribution in [0.2, 0.25) is 0 Å². The molecular weight excluding hydrogens is 368 g/mol. The maximum Gasteiger partial charge on any atom is 0.255 e. The van der Waals surface area contributed by atoms with E-state index in [1.54, 1.807) is 42.1 Å². The number of hydrogen-bond donors (Lipinski definition) is 2. The molecule has 1 aliphatic heterocycles. The summed E-state index contributed by atoms with van der Waals surface area (Å²) in [4.78, 5) is 26.4. The number of Topliss-reactive ketones (excluding diaryl/α,β-unsaturated/α-hetero) is 1. The fourth-order valence-electron chi connectivity index (χ4n) is 3.19. The summed E-state index contributed by atoms with van der Waals surface area (Å²) in [5.74, 6) is -0.0652. The van der Waals surface area contributed by atoms with Crippen molar-refractivity contribution in [1.29, 1.82) is 0 Å². The molecular formula is C23H20N2O2S. The molecule has 140 valence electrons. The minimum Gasteiger partial charge on any atom is -0.383 e. The summed E-state index contributed by atoms with van der Waals surface area (Å²) in [6.07, 6.45) is 0. The Labute approximate surface area is 168 Å². The second-order valence-electron chi connectivity index (χ2n) is 6.69. The number of fused-ring (bicyclic) bond motifs is 1. The highest BCUT2D eigenvalue weighted by Crippen LogP contribution is 2.36. The molecule has 28 heavy (non-hydrogen) atoms. The van der Waals surface area contributed by atoms with Gasteiger partial charge in [-0.3, -0.25) is 9.59 Å². The minimum atomic E-state index is -0.165. The third kappa shape index (κ3) is 3.80. The van der Waals surface area contributed by atoms with E-state index in [1.165, 1.54) is 0 Å². The van der Waals surface area contributed by atoms with Crippen LogP contribution in [-0.2, 0) is 0 Å². The van der Waals surface area contributed by atoms with E-state index in [-0.39, 0.29) is 16.9 Å². The van der Waals surface area contributed by atoms with Gasteiger partial charge in [0, 0.05) is 33.9 Å². The number of hydrogen-bond acceptors (Lipinski definition) is 4. The summed E-state index contributed by atoms with van der Waals surface area (Å²) < 4.78 is 0. The van der Waals surface area contributed by atoms with Crippen molar-refractivity contribution >= 4 is 34.8 Å². The lowest BCUT2D eigenvalue weighted by molar-refractivity contribution is 0.0990. The van der Waals surface area contributed by atoms with Crippen molar-refractivity contribution in [3.05, 3.63) is 89.5 Å². The van der Waals surface area contributed by atoms with Gasteiger partial charge in [0.05, 0.1) is 5.25 Å². The molecule has 1 unspecified atom stereocenters. The van der Waals surface area contributed by atoms with Gasteiger partial charge in [0.1, 0.15) is 0 Å². The zero-order valence-electron chi connectivity index (χ0n) is 15.4. The summed E-state index contributed by atoms with van der Waals surface area (Å²) in [7, 11) is 0. The van der Waals surface area contributed by atoms with Crippen LogP contribution in [0.25, 0.3) is 0 Å². The van der Waals surface area contributed by atoms with Crippen molar-refractivity contribution in [2.24, 2.45) is 0 Å². The molecule has 4 nitrogen and oxygen atoms in total. The highest BCUT2D eigenvalue weighted by Gasteiger charge is 2.26. The molecule has 0 spiro atoms. The molecule has 2 N–H and O–H groups in total. The average molecular weight is 388 g/mol. The minimum absolute atomic E-state index is 0.0868. The van der Waals surface area contributed by atoms with Crippen molar-refractivity contribution in [3.63, 3.8) is 0 Å². The SMILES string of the molecule is Cc1ccccc1C(=O)Nc1ccc(C(=O)C2CNc3ccccc3S2)cc1. The van der Waals surface area contributed by atoms with E-state index >= 15 is 0 Å². The van der Waals surface area contributed by atoms with E-state index in [4.69, 9.17) is 0 Å². The van der Waals surface area contributed by atoms with Crippen molar-refractivity contribution in [2.45, 2.75) is 17.1 Å². The molecule has 3 aromatic carbocycles. The number of thioether (sulfide) groups is 1. The first kappa shape index (κ1) is 18.3. The van der Waals surface area contributed by atoms with Gasteiger partial charge in [-0.05, 0) is 55.0 Å². The van der Waals surface area contributed by atoms with Crippen LogP contribution in [0.3, 0.4) is 0 Å². The number of carbonyl (C=O) groups excluding carboxylic acids is 2. The number of rotatable bonds is 4. The number of para-hydroxylation sites is 1. The number of nitrogens with one attached hydrogen (secondary N) is 2. The Balaban J connectivity index is 1.44. The van der Waals surface area contributed by atoms with Crippen LogP contribution in [0.4, 0.5) is 11.4 Å². The summed E-state index contributed by atoms with van der Waals surface area (Å²) in [5, 5.41) is 6.05. The zero-order chi connectivity index (χ0) is 19.5. The van der Waals surface area contributed by atoms with Crippen molar-refractivity contribution in [1.82, 2.24) is 0 Å². The highest BCUT2D eigenvalue weighted by atomic mass is 32.2. The van der Waals surface area contributed by atoms with Crippen LogP contribution in [0.15, 0.2) is 77.7 Å². The first-order valence-corrected chi connectivity index (χ1v) is 10.0. The van der Waals surface area contributed by atoms with E-state index in [1.807, 2.05) is 49.4 Å². The number of benzene rings is 3. The number of aryl methyl sites for hydroxylation is 1. The Morgan fingerprint density at radius 1 is 0.964 bits per heavy atom. The van der Waals surface area contributed by atoms with Crippen molar-refractivity contribution in [2.75, 3.05) is 17.2 Å². The standard InChI is InChI=1S/C23H20N2O2S/c1-15-6-2-3-7-18(15)23(27)25-17-12-10-16(11-13-17)22(26)21-14-24-19-8-4-5-9-20(19)28-21/h2-13,21,24H,14H2,1H3,(H,25,27). The molecule has 1 amide bonds. The van der Waals surface area contributed by atoms with Gasteiger partial charge in [-0.1, -0.05) is 30.3 Å². The number of carbonyl (C=O) groups is 2. The summed E-state index contributed by atoms with van der Waals surface area (Å²) in [6, 6.07) is 22.6. The molecule has 0 saturated carbocycles. The molecule has 1 heterocycles. The average Bonchev–Trinajstić information content (AvgIpc) is 2.73. The number of anilines is 2. The highest BCUT2D eigenvalue weighted by molar-refractivity contribution is 8.01. The molecule has 1 aliphatic rings. The second-order valence-corrected chi connectivity index (χ2v) is 7.94. The normalized spacial score (nSPS) is 15.2. The van der Waals surface area contributed by atoms with Gasteiger partial charge in [-0.15, -0.1) is 11.8 Å². The summed E-state index contributed by atoms with van der Waals surface area (Å²) in [5.41, 5.74) is 3.96. The fraction of sp³-hybridized carbons (Fsp3) is 0.130. The van der Waals surface area contributed by atoms with Crippen molar-refractivity contribution in [3.8, 4) is 0 Å². The van der Waals surface area contributed by atoms with Crippen LogP contribution >= 0.6 is 11.8 Å². The van der Waals surface area contributed by atoms with Gasteiger partial charge in [0.2, 0.25) is 0 Å². The molecule has 5 heteroatoms. The first-order chi connectivity index (χ1) is 13.6. The quantitative estimate of drug-likeness (QED) is 0.617. The van der Waals surface area contributed by atoms with E-state index in [9.17, 15) is 9.59 Å².